The van der Waals surface area contributed by atoms with Crippen molar-refractivity contribution in [1.29, 1.82) is 0 Å². The first-order valence-corrected chi connectivity index (χ1v) is 12.1. The number of rotatable bonds is 7. The molecule has 3 rings (SSSR count). The van der Waals surface area contributed by atoms with Gasteiger partial charge in [-0.3, -0.25) is 9.13 Å². The quantitative estimate of drug-likeness (QED) is 0.574. The zero-order chi connectivity index (χ0) is 24.0. The molecule has 0 radical (unpaired) electrons. The summed E-state index contributed by atoms with van der Waals surface area (Å²) in [7, 11) is 1.35. The van der Waals surface area contributed by atoms with Crippen LogP contribution in [-0.2, 0) is 25.5 Å². The number of carbonyl (C=O) groups is 2. The molecule has 0 bridgehead atoms. The predicted molar refractivity (Wildman–Crippen MR) is 123 cm³/mol. The van der Waals surface area contributed by atoms with Crippen molar-refractivity contribution in [3.05, 3.63) is 22.9 Å². The Hall–Kier alpha value is -2.29. The molecule has 1 aliphatic carbocycles. The first kappa shape index (κ1) is 25.3. The van der Waals surface area contributed by atoms with Gasteiger partial charge in [-0.1, -0.05) is 0 Å². The molecule has 1 saturated carbocycles. The van der Waals surface area contributed by atoms with Crippen LogP contribution >= 0.6 is 0 Å². The van der Waals surface area contributed by atoms with Crippen molar-refractivity contribution in [1.82, 2.24) is 14.0 Å². The monoisotopic (exact) mass is 465 g/mol. The van der Waals surface area contributed by atoms with Gasteiger partial charge in [0.1, 0.15) is 12.2 Å². The van der Waals surface area contributed by atoms with E-state index in [0.717, 1.165) is 44.9 Å². The smallest absolute Gasteiger partial charge is 0.410 e. The first-order valence-electron chi connectivity index (χ1n) is 12.1. The highest BCUT2D eigenvalue weighted by Gasteiger charge is 2.28. The lowest BCUT2D eigenvalue weighted by atomic mass is 9.93. The van der Waals surface area contributed by atoms with Crippen molar-refractivity contribution in [3.63, 3.8) is 0 Å². The summed E-state index contributed by atoms with van der Waals surface area (Å²) < 4.78 is 19.3. The summed E-state index contributed by atoms with van der Waals surface area (Å²) in [4.78, 5) is 38.2. The standard InChI is InChI=1S/C24H39N3O6/c1-24(2,3)33-23(30)26-13-10-18(11-14-26)9-12-25-15-16-27(22(25)29)19-5-7-20(8-6-19)32-17-21(28)31-4/h15-16,18-20H,5-14,17H2,1-4H3/t19-,20-. The lowest BCUT2D eigenvalue weighted by molar-refractivity contribution is -0.148. The Labute approximate surface area is 196 Å². The normalized spacial score (nSPS) is 22.2. The van der Waals surface area contributed by atoms with Crippen LogP contribution in [0, 0.1) is 5.92 Å². The van der Waals surface area contributed by atoms with E-state index in [-0.39, 0.29) is 36.5 Å². The molecular weight excluding hydrogens is 426 g/mol. The van der Waals surface area contributed by atoms with Crippen molar-refractivity contribution in [2.75, 3.05) is 26.8 Å². The fourth-order valence-corrected chi connectivity index (χ4v) is 4.66. The van der Waals surface area contributed by atoms with Crippen LogP contribution in [0.15, 0.2) is 17.2 Å². The van der Waals surface area contributed by atoms with E-state index in [2.05, 4.69) is 4.74 Å². The van der Waals surface area contributed by atoms with Gasteiger partial charge in [0, 0.05) is 38.1 Å². The lowest BCUT2D eigenvalue weighted by Gasteiger charge is -2.33. The summed E-state index contributed by atoms with van der Waals surface area (Å²) in [5, 5.41) is 0. The maximum absolute atomic E-state index is 12.9. The molecule has 1 aromatic heterocycles. The molecule has 2 aliphatic rings. The summed E-state index contributed by atoms with van der Waals surface area (Å²) in [6.07, 6.45) is 9.77. The molecule has 1 amide bonds. The molecule has 2 heterocycles. The number of nitrogens with zero attached hydrogens (tertiary/aromatic N) is 3. The fraction of sp³-hybridized carbons (Fsp3) is 0.792. The van der Waals surface area contributed by atoms with Crippen molar-refractivity contribution in [3.8, 4) is 0 Å². The number of aryl methyl sites for hydroxylation is 1. The largest absolute Gasteiger partial charge is 0.467 e. The van der Waals surface area contributed by atoms with Gasteiger partial charge >= 0.3 is 17.8 Å². The minimum absolute atomic E-state index is 0.0150. The molecule has 1 saturated heterocycles. The summed E-state index contributed by atoms with van der Waals surface area (Å²) in [5.41, 5.74) is -0.433. The van der Waals surface area contributed by atoms with Gasteiger partial charge in [0.05, 0.1) is 13.2 Å². The lowest BCUT2D eigenvalue weighted by Crippen LogP contribution is -2.42. The third-order valence-electron chi connectivity index (χ3n) is 6.62. The highest BCUT2D eigenvalue weighted by atomic mass is 16.6. The number of piperidine rings is 1. The Morgan fingerprint density at radius 1 is 1.03 bits per heavy atom. The molecule has 9 heteroatoms. The zero-order valence-electron chi connectivity index (χ0n) is 20.5. The van der Waals surface area contributed by atoms with Gasteiger partial charge in [0.2, 0.25) is 0 Å². The SMILES string of the molecule is COC(=O)CO[C@H]1CC[C@H](n2ccn(CCC3CCN(C(=O)OC(C)(C)C)CC3)c2=O)CC1. The Balaban J connectivity index is 1.42. The molecule has 1 aliphatic heterocycles. The number of imidazole rings is 1. The maximum Gasteiger partial charge on any atom is 0.410 e. The zero-order valence-corrected chi connectivity index (χ0v) is 20.5. The van der Waals surface area contributed by atoms with Crippen LogP contribution in [-0.4, -0.2) is 64.6 Å². The number of methoxy groups -OCH3 is 1. The van der Waals surface area contributed by atoms with E-state index in [1.54, 1.807) is 9.47 Å². The summed E-state index contributed by atoms with van der Waals surface area (Å²) in [5.74, 6) is 0.141. The highest BCUT2D eigenvalue weighted by molar-refractivity contribution is 5.70. The Morgan fingerprint density at radius 2 is 1.70 bits per heavy atom. The van der Waals surface area contributed by atoms with Gasteiger partial charge in [-0.25, -0.2) is 14.4 Å². The van der Waals surface area contributed by atoms with Gasteiger partial charge in [0.15, 0.2) is 0 Å². The van der Waals surface area contributed by atoms with Gasteiger partial charge in [-0.05, 0) is 71.6 Å². The van der Waals surface area contributed by atoms with Crippen molar-refractivity contribution in [2.24, 2.45) is 5.92 Å². The third-order valence-corrected chi connectivity index (χ3v) is 6.62. The number of hydrogen-bond acceptors (Lipinski definition) is 6. The van der Waals surface area contributed by atoms with E-state index in [1.807, 2.05) is 37.7 Å². The van der Waals surface area contributed by atoms with E-state index < -0.39 is 5.60 Å². The Bertz CT molecular complexity index is 839. The van der Waals surface area contributed by atoms with Crippen LogP contribution in [0.25, 0.3) is 0 Å². The second-order valence-electron chi connectivity index (χ2n) is 10.2. The molecule has 0 atom stereocenters. The van der Waals surface area contributed by atoms with Gasteiger partial charge < -0.3 is 19.1 Å². The van der Waals surface area contributed by atoms with Crippen LogP contribution in [0.1, 0.15) is 71.8 Å². The second-order valence-corrected chi connectivity index (χ2v) is 10.2. The molecule has 2 fully saturated rings. The first-order chi connectivity index (χ1) is 15.7. The number of likely N-dealkylation sites (tertiary alicyclic amines) is 1. The Morgan fingerprint density at radius 3 is 2.30 bits per heavy atom. The van der Waals surface area contributed by atoms with Crippen molar-refractivity contribution in [2.45, 2.75) is 90.0 Å². The molecule has 0 N–H and O–H groups in total. The number of esters is 1. The second kappa shape index (κ2) is 11.2. The minimum atomic E-state index is -0.475. The van der Waals surface area contributed by atoms with E-state index in [4.69, 9.17) is 9.47 Å². The summed E-state index contributed by atoms with van der Waals surface area (Å²) in [6, 6.07) is 0.175. The minimum Gasteiger partial charge on any atom is -0.467 e. The van der Waals surface area contributed by atoms with E-state index in [1.165, 1.54) is 7.11 Å². The fourth-order valence-electron chi connectivity index (χ4n) is 4.66. The molecule has 0 spiro atoms. The molecule has 1 aromatic rings. The number of hydrogen-bond donors (Lipinski definition) is 0. The molecule has 0 unspecified atom stereocenters. The molecular formula is C24H39N3O6. The van der Waals surface area contributed by atoms with E-state index in [0.29, 0.717) is 25.6 Å². The Kier molecular flexibility index (Phi) is 8.62. The number of amides is 1. The molecule has 9 nitrogen and oxygen atoms in total. The van der Waals surface area contributed by atoms with Crippen LogP contribution < -0.4 is 5.69 Å². The molecule has 186 valence electrons. The van der Waals surface area contributed by atoms with Crippen molar-refractivity contribution >= 4 is 12.1 Å². The number of carbonyl (C=O) groups excluding carboxylic acids is 2. The number of aromatic nitrogens is 2. The average Bonchev–Trinajstić information content (AvgIpc) is 3.15. The topological polar surface area (TPSA) is 92.0 Å². The third kappa shape index (κ3) is 7.35. The highest BCUT2D eigenvalue weighted by Crippen LogP contribution is 2.29. The van der Waals surface area contributed by atoms with Crippen LogP contribution in [0.3, 0.4) is 0 Å². The molecule has 0 aromatic carbocycles. The van der Waals surface area contributed by atoms with E-state index >= 15 is 0 Å². The van der Waals surface area contributed by atoms with Gasteiger partial charge in [-0.2, -0.15) is 0 Å². The number of ether oxygens (including phenoxy) is 3. The van der Waals surface area contributed by atoms with Gasteiger partial charge in [-0.15, -0.1) is 0 Å². The van der Waals surface area contributed by atoms with Crippen LogP contribution in [0.2, 0.25) is 0 Å². The van der Waals surface area contributed by atoms with Crippen LogP contribution in [0.4, 0.5) is 4.79 Å². The van der Waals surface area contributed by atoms with E-state index in [9.17, 15) is 14.4 Å². The maximum atomic E-state index is 12.9. The van der Waals surface area contributed by atoms with Gasteiger partial charge in [0.25, 0.3) is 0 Å². The summed E-state index contributed by atoms with van der Waals surface area (Å²) >= 11 is 0. The summed E-state index contributed by atoms with van der Waals surface area (Å²) in [6.45, 7) is 7.73. The van der Waals surface area contributed by atoms with Crippen LogP contribution in [0.5, 0.6) is 0 Å². The molecule has 33 heavy (non-hydrogen) atoms. The predicted octanol–water partition coefficient (Wildman–Crippen LogP) is 3.36. The average molecular weight is 466 g/mol. The van der Waals surface area contributed by atoms with Crippen molar-refractivity contribution < 1.29 is 23.8 Å².